The molecule has 0 amide bonds. The zero-order valence-electron chi connectivity index (χ0n) is 27.5. The lowest BCUT2D eigenvalue weighted by Gasteiger charge is -2.28. The van der Waals surface area contributed by atoms with E-state index in [0.29, 0.717) is 0 Å². The topological polar surface area (TPSA) is 32.7 Å². The average molecular weight is 601 g/mol. The number of nitrogens with zero attached hydrogens (tertiary/aromatic N) is 2. The van der Waals surface area contributed by atoms with Crippen molar-refractivity contribution in [3.8, 4) is 22.3 Å². The fourth-order valence-electron chi connectivity index (χ4n) is 6.87. The molecule has 5 aromatic carbocycles. The van der Waals surface area contributed by atoms with Gasteiger partial charge < -0.3 is 4.90 Å². The molecule has 0 fully saturated rings. The molecule has 6 rings (SSSR count). The van der Waals surface area contributed by atoms with Crippen molar-refractivity contribution in [2.75, 3.05) is 4.90 Å². The second kappa shape index (κ2) is 13.2. The van der Waals surface area contributed by atoms with Crippen LogP contribution in [-0.2, 0) is 5.41 Å². The van der Waals surface area contributed by atoms with Crippen LogP contribution in [0.25, 0.3) is 27.8 Å². The van der Waals surface area contributed by atoms with Gasteiger partial charge in [-0.3, -0.25) is 0 Å². The molecule has 0 N–H and O–H groups in total. The molecule has 3 nitrogen and oxygen atoms in total. The van der Waals surface area contributed by atoms with Gasteiger partial charge in [-0.15, -0.1) is 5.09 Å². The van der Waals surface area contributed by atoms with E-state index in [1.165, 1.54) is 44.5 Å². The van der Waals surface area contributed by atoms with Gasteiger partial charge in [0.15, 0.2) is 0 Å². The Hall–Kier alpha value is -4.96. The Morgan fingerprint density at radius 2 is 1.33 bits per heavy atom. The summed E-state index contributed by atoms with van der Waals surface area (Å²) in [6.07, 6.45) is 8.07. The van der Waals surface area contributed by atoms with E-state index >= 15 is 0 Å². The SMILES string of the molecule is C/C=C\C(=C/C)c1ccc(N(c2ccc(-c3ccccc3)cc2)c2ccc3c(c2)C(C)(C)c2cc(B(CCC)N=O)ccc2-3)cc1. The van der Waals surface area contributed by atoms with Crippen LogP contribution < -0.4 is 10.4 Å². The van der Waals surface area contributed by atoms with Crippen molar-refractivity contribution in [1.82, 2.24) is 0 Å². The zero-order valence-corrected chi connectivity index (χ0v) is 27.5. The minimum Gasteiger partial charge on any atom is -0.310 e. The fraction of sp³-hybridized carbons (Fsp3) is 0.190. The van der Waals surface area contributed by atoms with E-state index in [-0.39, 0.29) is 12.3 Å². The molecule has 0 spiro atoms. The Bertz CT molecular complexity index is 1900. The van der Waals surface area contributed by atoms with E-state index < -0.39 is 0 Å². The van der Waals surface area contributed by atoms with E-state index in [2.05, 4.69) is 178 Å². The predicted molar refractivity (Wildman–Crippen MR) is 199 cm³/mol. The highest BCUT2D eigenvalue weighted by molar-refractivity contribution is 6.71. The molecule has 46 heavy (non-hydrogen) atoms. The summed E-state index contributed by atoms with van der Waals surface area (Å²) in [6.45, 7) is 10.5. The number of benzene rings is 5. The maximum atomic E-state index is 11.7. The molecule has 0 saturated heterocycles. The first-order chi connectivity index (χ1) is 22.4. The second-order valence-electron chi connectivity index (χ2n) is 12.6. The minimum absolute atomic E-state index is 0.226. The summed E-state index contributed by atoms with van der Waals surface area (Å²) in [4.78, 5) is 14.1. The quantitative estimate of drug-likeness (QED) is 0.0908. The highest BCUT2D eigenvalue weighted by Crippen LogP contribution is 2.50. The van der Waals surface area contributed by atoms with Gasteiger partial charge in [-0.25, -0.2) is 0 Å². The van der Waals surface area contributed by atoms with Gasteiger partial charge in [-0.1, -0.05) is 130 Å². The number of anilines is 3. The molecule has 0 bridgehead atoms. The van der Waals surface area contributed by atoms with Gasteiger partial charge in [0, 0.05) is 22.5 Å². The van der Waals surface area contributed by atoms with Crippen LogP contribution in [0.4, 0.5) is 17.1 Å². The van der Waals surface area contributed by atoms with Gasteiger partial charge in [-0.2, -0.15) is 4.91 Å². The number of hydrogen-bond donors (Lipinski definition) is 0. The van der Waals surface area contributed by atoms with Gasteiger partial charge in [0.1, 0.15) is 0 Å². The molecule has 0 atom stereocenters. The summed E-state index contributed by atoms with van der Waals surface area (Å²) in [5.74, 6) is 0. The third-order valence-corrected chi connectivity index (χ3v) is 9.36. The maximum Gasteiger partial charge on any atom is 0.369 e. The molecule has 228 valence electrons. The monoisotopic (exact) mass is 600 g/mol. The van der Waals surface area contributed by atoms with Gasteiger partial charge in [-0.05, 0) is 101 Å². The highest BCUT2D eigenvalue weighted by atomic mass is 16.2. The normalized spacial score (nSPS) is 13.4. The smallest absolute Gasteiger partial charge is 0.310 e. The van der Waals surface area contributed by atoms with Gasteiger partial charge in [0.25, 0.3) is 0 Å². The summed E-state index contributed by atoms with van der Waals surface area (Å²) in [5.41, 5.74) is 13.9. The van der Waals surface area contributed by atoms with Crippen molar-refractivity contribution in [3.05, 3.63) is 155 Å². The third kappa shape index (κ3) is 5.76. The van der Waals surface area contributed by atoms with Crippen LogP contribution in [0.15, 0.2) is 139 Å². The number of allylic oxidation sites excluding steroid dienone is 4. The molecule has 0 heterocycles. The Morgan fingerprint density at radius 1 is 0.739 bits per heavy atom. The van der Waals surface area contributed by atoms with Crippen molar-refractivity contribution in [2.45, 2.75) is 52.8 Å². The highest BCUT2D eigenvalue weighted by Gasteiger charge is 2.37. The zero-order chi connectivity index (χ0) is 32.3. The lowest BCUT2D eigenvalue weighted by Crippen LogP contribution is -2.29. The Kier molecular flexibility index (Phi) is 8.90. The number of fused-ring (bicyclic) bond motifs is 3. The van der Waals surface area contributed by atoms with Crippen molar-refractivity contribution in [1.29, 1.82) is 0 Å². The predicted octanol–water partition coefficient (Wildman–Crippen LogP) is 11.5. The van der Waals surface area contributed by atoms with E-state index in [9.17, 15) is 4.91 Å². The number of hydrogen-bond acceptors (Lipinski definition) is 3. The molecule has 0 radical (unpaired) electrons. The average Bonchev–Trinajstić information content (AvgIpc) is 3.32. The van der Waals surface area contributed by atoms with Crippen LogP contribution >= 0.6 is 0 Å². The van der Waals surface area contributed by atoms with Crippen LogP contribution in [0, 0.1) is 4.91 Å². The second-order valence-corrected chi connectivity index (χ2v) is 12.6. The summed E-state index contributed by atoms with van der Waals surface area (Å²) in [5, 5.41) is 3.47. The van der Waals surface area contributed by atoms with E-state index in [1.54, 1.807) is 0 Å². The molecular formula is C42H41BN2O. The third-order valence-electron chi connectivity index (χ3n) is 9.36. The largest absolute Gasteiger partial charge is 0.369 e. The van der Waals surface area contributed by atoms with Crippen LogP contribution in [0.1, 0.15) is 57.7 Å². The summed E-state index contributed by atoms with van der Waals surface area (Å²) < 4.78 is 0. The first kappa shape index (κ1) is 31.0. The van der Waals surface area contributed by atoms with Gasteiger partial charge in [0.05, 0.1) is 0 Å². The molecule has 4 heteroatoms. The summed E-state index contributed by atoms with van der Waals surface area (Å²) in [7, 11) is 0. The van der Waals surface area contributed by atoms with Crippen LogP contribution in [-0.4, -0.2) is 6.85 Å². The lowest BCUT2D eigenvalue weighted by molar-refractivity contribution is 0.661. The standard InChI is InChI=1S/C42H41BN2O/c1-6-12-30(8-3)32-15-20-35(21-16-32)45(36-22-17-33(18-23-36)31-13-10-9-11-14-31)37-24-26-39-38-25-19-34(43(44-46)27-7-2)28-40(38)42(4,5)41(39)29-37/h6,8-26,28-29H,7,27H2,1-5H3/b12-6-,30-8+. The molecule has 0 unspecified atom stereocenters. The molecule has 0 aliphatic heterocycles. The van der Waals surface area contributed by atoms with Gasteiger partial charge >= 0.3 is 6.85 Å². The molecule has 1 aliphatic rings. The van der Waals surface area contributed by atoms with Crippen LogP contribution in [0.5, 0.6) is 0 Å². The van der Waals surface area contributed by atoms with Crippen molar-refractivity contribution < 1.29 is 0 Å². The summed E-state index contributed by atoms with van der Waals surface area (Å²) >= 11 is 0. The minimum atomic E-state index is -0.307. The Labute approximate surface area is 274 Å². The first-order valence-corrected chi connectivity index (χ1v) is 16.4. The van der Waals surface area contributed by atoms with Crippen molar-refractivity contribution >= 4 is 34.9 Å². The number of rotatable bonds is 10. The molecule has 0 saturated carbocycles. The maximum absolute atomic E-state index is 11.7. The van der Waals surface area contributed by atoms with Crippen molar-refractivity contribution in [2.24, 2.45) is 5.09 Å². The van der Waals surface area contributed by atoms with E-state index in [4.69, 9.17) is 0 Å². The molecule has 1 aliphatic carbocycles. The van der Waals surface area contributed by atoms with E-state index in [1.807, 2.05) is 0 Å². The first-order valence-electron chi connectivity index (χ1n) is 16.4. The molecule has 0 aromatic heterocycles. The Morgan fingerprint density at radius 3 is 1.93 bits per heavy atom. The number of nitroso groups, excluding NO2 is 1. The Balaban J connectivity index is 1.44. The summed E-state index contributed by atoms with van der Waals surface area (Å²) in [6, 6.07) is 41.6. The molecule has 5 aromatic rings. The van der Waals surface area contributed by atoms with Crippen LogP contribution in [0.3, 0.4) is 0 Å². The van der Waals surface area contributed by atoms with Crippen molar-refractivity contribution in [3.63, 3.8) is 0 Å². The lowest BCUT2D eigenvalue weighted by atomic mass is 9.53. The fourth-order valence-corrected chi connectivity index (χ4v) is 6.87. The van der Waals surface area contributed by atoms with Gasteiger partial charge in [0.2, 0.25) is 0 Å². The molecular weight excluding hydrogens is 559 g/mol. The van der Waals surface area contributed by atoms with E-state index in [0.717, 1.165) is 35.3 Å². The van der Waals surface area contributed by atoms with Crippen LogP contribution in [0.2, 0.25) is 6.32 Å².